The molecule has 5 heteroatoms. The summed E-state index contributed by atoms with van der Waals surface area (Å²) >= 11 is 0. The second-order valence-corrected chi connectivity index (χ2v) is 14.4. The lowest BCUT2D eigenvalue weighted by Gasteiger charge is -2.13. The van der Waals surface area contributed by atoms with Crippen molar-refractivity contribution in [3.63, 3.8) is 0 Å². The smallest absolute Gasteiger partial charge is 0.236 e. The Bertz CT molecular complexity index is 3760. The monoisotopic (exact) mass is 701 g/mol. The predicted molar refractivity (Wildman–Crippen MR) is 226 cm³/mol. The highest BCUT2D eigenvalue weighted by Gasteiger charge is 2.25. The van der Waals surface area contributed by atoms with Crippen molar-refractivity contribution in [1.82, 2.24) is 14.5 Å². The summed E-state index contributed by atoms with van der Waals surface area (Å²) in [4.78, 5) is 11.0. The first-order valence-corrected chi connectivity index (χ1v) is 18.6. The van der Waals surface area contributed by atoms with Crippen LogP contribution in [0, 0.1) is 0 Å². The van der Waals surface area contributed by atoms with E-state index in [9.17, 15) is 0 Å². The van der Waals surface area contributed by atoms with Gasteiger partial charge in [0.1, 0.15) is 28.0 Å². The Balaban J connectivity index is 1.25. The zero-order valence-electron chi connectivity index (χ0n) is 29.2. The summed E-state index contributed by atoms with van der Waals surface area (Å²) in [5.74, 6) is 0.572. The fraction of sp³-hybridized carbons (Fsp3) is 0. The maximum atomic E-state index is 6.65. The lowest BCUT2D eigenvalue weighted by Crippen LogP contribution is -2.03. The van der Waals surface area contributed by atoms with Gasteiger partial charge in [-0.25, -0.2) is 9.97 Å². The molecule has 0 N–H and O–H groups in total. The first-order valence-electron chi connectivity index (χ1n) is 18.6. The van der Waals surface area contributed by atoms with E-state index in [0.717, 1.165) is 71.2 Å². The van der Waals surface area contributed by atoms with Gasteiger partial charge in [-0.3, -0.25) is 4.57 Å². The molecule has 0 bridgehead atoms. The number of hydrogen-bond donors (Lipinski definition) is 0. The van der Waals surface area contributed by atoms with Gasteiger partial charge in [0.05, 0.1) is 11.0 Å². The van der Waals surface area contributed by atoms with Crippen molar-refractivity contribution in [2.45, 2.75) is 0 Å². The van der Waals surface area contributed by atoms with Crippen LogP contribution in [0.5, 0.6) is 0 Å². The molecular weight excluding hydrogens is 675 g/mol. The van der Waals surface area contributed by atoms with Crippen molar-refractivity contribution in [3.8, 4) is 17.2 Å². The van der Waals surface area contributed by atoms with E-state index < -0.39 is 0 Å². The fourth-order valence-electron chi connectivity index (χ4n) is 9.26. The SMILES string of the molecule is c1ccc2c(c1)ccc1c3c4c5ccccc5c5ccccc5c4ccc3n(-c3nc(-c4cccc5c4oc4ccccc45)c4oc5ccccc5c4n3)c21. The van der Waals surface area contributed by atoms with Gasteiger partial charge in [0, 0.05) is 43.3 Å². The molecule has 5 nitrogen and oxygen atoms in total. The molecule has 0 radical (unpaired) electrons. The van der Waals surface area contributed by atoms with E-state index in [-0.39, 0.29) is 0 Å². The lowest BCUT2D eigenvalue weighted by molar-refractivity contribution is 0.662. The van der Waals surface area contributed by atoms with Crippen LogP contribution in [-0.2, 0) is 0 Å². The molecule has 13 aromatic rings. The van der Waals surface area contributed by atoms with Crippen molar-refractivity contribution in [3.05, 3.63) is 164 Å². The van der Waals surface area contributed by atoms with E-state index in [4.69, 9.17) is 18.8 Å². The Kier molecular flexibility index (Phi) is 5.57. The third-order valence-corrected chi connectivity index (χ3v) is 11.6. The molecule has 0 atom stereocenters. The van der Waals surface area contributed by atoms with Crippen molar-refractivity contribution < 1.29 is 8.83 Å². The first-order chi connectivity index (χ1) is 27.3. The molecule has 0 aliphatic rings. The van der Waals surface area contributed by atoms with Gasteiger partial charge in [0.25, 0.3) is 0 Å². The van der Waals surface area contributed by atoms with Gasteiger partial charge in [-0.2, -0.15) is 0 Å². The minimum absolute atomic E-state index is 0.572. The molecule has 0 saturated carbocycles. The molecule has 0 spiro atoms. The summed E-state index contributed by atoms with van der Waals surface area (Å²) in [7, 11) is 0. The van der Waals surface area contributed by atoms with Crippen LogP contribution in [0.15, 0.2) is 173 Å². The van der Waals surface area contributed by atoms with Crippen LogP contribution in [0.3, 0.4) is 0 Å². The Hall–Kier alpha value is -7.50. The third-order valence-electron chi connectivity index (χ3n) is 11.6. The summed E-state index contributed by atoms with van der Waals surface area (Å²) in [5, 5.41) is 15.1. The quantitative estimate of drug-likeness (QED) is 0.168. The second kappa shape index (κ2) is 10.6. The molecular formula is C50H27N3O2. The normalized spacial score (nSPS) is 12.4. The number of fused-ring (bicyclic) bond motifs is 18. The van der Waals surface area contributed by atoms with Gasteiger partial charge in [0.2, 0.25) is 5.95 Å². The van der Waals surface area contributed by atoms with E-state index in [1.165, 1.54) is 37.7 Å². The highest BCUT2D eigenvalue weighted by atomic mass is 16.3. The van der Waals surface area contributed by atoms with Gasteiger partial charge < -0.3 is 8.83 Å². The summed E-state index contributed by atoms with van der Waals surface area (Å²) < 4.78 is 15.5. The Morgan fingerprint density at radius 3 is 1.76 bits per heavy atom. The van der Waals surface area contributed by atoms with Crippen molar-refractivity contribution in [2.24, 2.45) is 0 Å². The van der Waals surface area contributed by atoms with Crippen LogP contribution in [0.25, 0.3) is 126 Å². The Morgan fingerprint density at radius 2 is 0.964 bits per heavy atom. The van der Waals surface area contributed by atoms with E-state index in [1.54, 1.807) is 0 Å². The Morgan fingerprint density at radius 1 is 0.382 bits per heavy atom. The highest BCUT2D eigenvalue weighted by molar-refractivity contribution is 6.36. The molecule has 4 heterocycles. The van der Waals surface area contributed by atoms with Gasteiger partial charge >= 0.3 is 0 Å². The molecule has 13 rings (SSSR count). The van der Waals surface area contributed by atoms with Crippen LogP contribution in [0.2, 0.25) is 0 Å². The molecule has 0 amide bonds. The number of hydrogen-bond acceptors (Lipinski definition) is 4. The van der Waals surface area contributed by atoms with E-state index >= 15 is 0 Å². The van der Waals surface area contributed by atoms with Crippen LogP contribution < -0.4 is 0 Å². The van der Waals surface area contributed by atoms with Gasteiger partial charge in [-0.1, -0.05) is 133 Å². The number of rotatable bonds is 2. The average molecular weight is 702 g/mol. The molecule has 254 valence electrons. The van der Waals surface area contributed by atoms with Crippen molar-refractivity contribution in [1.29, 1.82) is 0 Å². The van der Waals surface area contributed by atoms with Crippen molar-refractivity contribution in [2.75, 3.05) is 0 Å². The second-order valence-electron chi connectivity index (χ2n) is 14.4. The lowest BCUT2D eigenvalue weighted by atomic mass is 9.91. The minimum Gasteiger partial charge on any atom is -0.455 e. The summed E-state index contributed by atoms with van der Waals surface area (Å²) in [6, 6.07) is 57.8. The van der Waals surface area contributed by atoms with Gasteiger partial charge in [-0.15, -0.1) is 0 Å². The molecule has 0 aliphatic carbocycles. The maximum absolute atomic E-state index is 6.65. The molecule has 0 saturated heterocycles. The van der Waals surface area contributed by atoms with E-state index in [2.05, 4.69) is 132 Å². The van der Waals surface area contributed by atoms with Crippen LogP contribution >= 0.6 is 0 Å². The van der Waals surface area contributed by atoms with E-state index in [1.807, 2.05) is 36.4 Å². The molecule has 0 aliphatic heterocycles. The number of aromatic nitrogens is 3. The number of benzene rings is 9. The first kappa shape index (κ1) is 29.0. The number of nitrogens with zero attached hydrogens (tertiary/aromatic N) is 3. The maximum Gasteiger partial charge on any atom is 0.236 e. The standard InChI is InChI=1S/C50H27N3O2/c1-2-13-29-28(12-1)24-25-38-44-40(27-26-35-32-16-4-3-14-30(32)31-15-5-6-18-34(31)43(35)44)53(47(29)38)50-51-45-37-19-8-10-23-42(37)55-49(45)46(52-50)39-21-11-20-36-33-17-7-9-22-41(33)54-48(36)39/h1-27H. The summed E-state index contributed by atoms with van der Waals surface area (Å²) in [6.45, 7) is 0. The molecule has 4 aromatic heterocycles. The summed E-state index contributed by atoms with van der Waals surface area (Å²) in [5.41, 5.74) is 7.41. The van der Waals surface area contributed by atoms with Crippen molar-refractivity contribution >= 4 is 109 Å². The zero-order valence-corrected chi connectivity index (χ0v) is 29.2. The van der Waals surface area contributed by atoms with Gasteiger partial charge in [0.15, 0.2) is 5.58 Å². The minimum atomic E-state index is 0.572. The highest BCUT2D eigenvalue weighted by Crippen LogP contribution is 2.46. The third kappa shape index (κ3) is 3.81. The molecule has 55 heavy (non-hydrogen) atoms. The molecule has 0 fully saturated rings. The Labute approximate surface area is 312 Å². The predicted octanol–water partition coefficient (Wildman–Crippen LogP) is 13.7. The zero-order chi connectivity index (χ0) is 35.8. The summed E-state index contributed by atoms with van der Waals surface area (Å²) in [6.07, 6.45) is 0. The van der Waals surface area contributed by atoms with Gasteiger partial charge in [-0.05, 0) is 62.6 Å². The van der Waals surface area contributed by atoms with Crippen LogP contribution in [0.1, 0.15) is 0 Å². The van der Waals surface area contributed by atoms with E-state index in [0.29, 0.717) is 17.2 Å². The molecule has 9 aromatic carbocycles. The average Bonchev–Trinajstić information content (AvgIpc) is 3.93. The molecule has 0 unspecified atom stereocenters. The topological polar surface area (TPSA) is 57.0 Å². The number of para-hydroxylation sites is 3. The van der Waals surface area contributed by atoms with Crippen LogP contribution in [-0.4, -0.2) is 14.5 Å². The fourth-order valence-corrected chi connectivity index (χ4v) is 9.26. The van der Waals surface area contributed by atoms with Crippen LogP contribution in [0.4, 0.5) is 0 Å². The largest absolute Gasteiger partial charge is 0.455 e. The number of furan rings is 2.